The Bertz CT molecular complexity index is 1590. The van der Waals surface area contributed by atoms with Crippen molar-refractivity contribution in [3.8, 4) is 5.75 Å². The first-order chi connectivity index (χ1) is 25.1. The van der Waals surface area contributed by atoms with E-state index in [-0.39, 0.29) is 5.75 Å². The highest BCUT2D eigenvalue weighted by Crippen LogP contribution is 2.43. The first kappa shape index (κ1) is 43.9. The Labute approximate surface area is 307 Å². The number of ether oxygens (including phenoxy) is 9. The summed E-state index contributed by atoms with van der Waals surface area (Å²) in [5, 5.41) is 12.2. The monoisotopic (exact) mass is 792 g/mol. The second kappa shape index (κ2) is 18.7. The zero-order valence-electron chi connectivity index (χ0n) is 30.0. The first-order valence-electron chi connectivity index (χ1n) is 16.1. The minimum atomic E-state index is -5.54. The highest BCUT2D eigenvalue weighted by Gasteiger charge is 2.62. The van der Waals surface area contributed by atoms with Crippen LogP contribution in [-0.4, -0.2) is 130 Å². The standard InChI is InChI=1S/C32H41O21P/c1-13(33)22-25(44-14(2)34)28(47-17(5)37)26(45-15(3)35)23(51-22)21(40)24-27(46-16(4)36)29(48-18(6)38)30(49-19(7)39)31(52-24)32(53-54(41,42)43)50-20-11-9-8-10-12-20/h8-12,21-32,40H,1-7H3,(H2,41,42,43)/t21?,22-,23+,24-,25-,26+,27-,28+,29+,30-,31-,32?/m0/s1. The number of aliphatic hydroxyl groups is 1. The number of aliphatic hydroxyl groups excluding tert-OH is 1. The molecule has 2 fully saturated rings. The van der Waals surface area contributed by atoms with E-state index in [2.05, 4.69) is 0 Å². The number of hydrogen-bond acceptors (Lipinski definition) is 19. The number of phosphoric ester groups is 1. The molecule has 0 aromatic heterocycles. The fraction of sp³-hybridized carbons (Fsp3) is 0.594. The van der Waals surface area contributed by atoms with E-state index in [0.717, 1.165) is 48.5 Å². The van der Waals surface area contributed by atoms with Crippen LogP contribution in [0.1, 0.15) is 48.5 Å². The molecule has 2 heterocycles. The van der Waals surface area contributed by atoms with E-state index in [0.29, 0.717) is 0 Å². The normalized spacial score (nSPS) is 29.3. The lowest BCUT2D eigenvalue weighted by Gasteiger charge is -2.50. The Morgan fingerprint density at radius 1 is 0.574 bits per heavy atom. The molecule has 0 amide bonds. The Balaban J connectivity index is 2.31. The van der Waals surface area contributed by atoms with E-state index < -0.39 is 123 Å². The number of carbonyl (C=O) groups is 7. The molecule has 0 saturated carbocycles. The Morgan fingerprint density at radius 2 is 0.944 bits per heavy atom. The van der Waals surface area contributed by atoms with Gasteiger partial charge in [-0.15, -0.1) is 0 Å². The van der Waals surface area contributed by atoms with Crippen LogP contribution in [0.2, 0.25) is 0 Å². The molecule has 12 atom stereocenters. The quantitative estimate of drug-likeness (QED) is 0.0932. The van der Waals surface area contributed by atoms with Gasteiger partial charge in [0.15, 0.2) is 54.6 Å². The summed E-state index contributed by atoms with van der Waals surface area (Å²) in [6.45, 7) is 6.56. The number of rotatable bonds is 14. The van der Waals surface area contributed by atoms with Gasteiger partial charge in [-0.25, -0.2) is 9.09 Å². The fourth-order valence-electron chi connectivity index (χ4n) is 5.92. The maximum absolute atomic E-state index is 12.9. The predicted molar refractivity (Wildman–Crippen MR) is 171 cm³/mol. The maximum Gasteiger partial charge on any atom is 0.472 e. The molecule has 2 saturated heterocycles. The molecule has 54 heavy (non-hydrogen) atoms. The third-order valence-corrected chi connectivity index (χ3v) is 8.06. The van der Waals surface area contributed by atoms with Crippen LogP contribution in [0.5, 0.6) is 5.75 Å². The summed E-state index contributed by atoms with van der Waals surface area (Å²) < 4.78 is 67.1. The van der Waals surface area contributed by atoms with Crippen LogP contribution in [0.25, 0.3) is 0 Å². The molecule has 22 heteroatoms. The van der Waals surface area contributed by atoms with E-state index in [9.17, 15) is 53.0 Å². The van der Waals surface area contributed by atoms with Crippen LogP contribution in [0.3, 0.4) is 0 Å². The van der Waals surface area contributed by atoms with Gasteiger partial charge in [-0.2, -0.15) is 0 Å². The highest BCUT2D eigenvalue weighted by atomic mass is 31.2. The van der Waals surface area contributed by atoms with E-state index in [4.69, 9.17) is 47.2 Å². The van der Waals surface area contributed by atoms with Crippen molar-refractivity contribution in [1.82, 2.24) is 0 Å². The molecule has 300 valence electrons. The molecule has 2 aliphatic rings. The van der Waals surface area contributed by atoms with Gasteiger partial charge in [0.05, 0.1) is 0 Å². The number of ketones is 1. The molecule has 2 aliphatic heterocycles. The van der Waals surface area contributed by atoms with Gasteiger partial charge in [-0.1, -0.05) is 18.2 Å². The van der Waals surface area contributed by atoms with Gasteiger partial charge in [-0.3, -0.25) is 33.6 Å². The molecule has 3 N–H and O–H groups in total. The van der Waals surface area contributed by atoms with Crippen molar-refractivity contribution >= 4 is 49.4 Å². The molecule has 0 bridgehead atoms. The summed E-state index contributed by atoms with van der Waals surface area (Å²) in [6, 6.07) is 7.21. The summed E-state index contributed by atoms with van der Waals surface area (Å²) in [5.74, 6) is -7.21. The predicted octanol–water partition coefficient (Wildman–Crippen LogP) is -0.424. The van der Waals surface area contributed by atoms with Gasteiger partial charge >= 0.3 is 43.6 Å². The van der Waals surface area contributed by atoms with Gasteiger partial charge < -0.3 is 57.5 Å². The lowest BCUT2D eigenvalue weighted by molar-refractivity contribution is -0.309. The van der Waals surface area contributed by atoms with Gasteiger partial charge in [-0.05, 0) is 19.1 Å². The first-order valence-corrected chi connectivity index (χ1v) is 17.6. The molecule has 3 rings (SSSR count). The molecule has 0 spiro atoms. The van der Waals surface area contributed by atoms with Gasteiger partial charge in [0, 0.05) is 41.5 Å². The van der Waals surface area contributed by atoms with Crippen molar-refractivity contribution in [2.24, 2.45) is 0 Å². The molecule has 21 nitrogen and oxygen atoms in total. The Hall–Kier alpha value is -4.50. The second-order valence-corrected chi connectivity index (χ2v) is 13.2. The number of para-hydroxylation sites is 1. The lowest BCUT2D eigenvalue weighted by atomic mass is 9.84. The minimum Gasteiger partial charge on any atom is -0.461 e. The summed E-state index contributed by atoms with van der Waals surface area (Å²) >= 11 is 0. The van der Waals surface area contributed by atoms with Crippen molar-refractivity contribution in [1.29, 1.82) is 0 Å². The van der Waals surface area contributed by atoms with Crippen molar-refractivity contribution in [3.05, 3.63) is 30.3 Å². The Kier molecular flexibility index (Phi) is 15.2. The van der Waals surface area contributed by atoms with E-state index in [1.165, 1.54) is 24.3 Å². The van der Waals surface area contributed by atoms with Gasteiger partial charge in [0.1, 0.15) is 24.1 Å². The van der Waals surface area contributed by atoms with Crippen molar-refractivity contribution in [2.75, 3.05) is 0 Å². The van der Waals surface area contributed by atoms with Crippen LogP contribution >= 0.6 is 7.82 Å². The zero-order valence-corrected chi connectivity index (χ0v) is 30.8. The van der Waals surface area contributed by atoms with Crippen LogP contribution in [0.15, 0.2) is 30.3 Å². The lowest BCUT2D eigenvalue weighted by Crippen LogP contribution is -2.71. The molecular weight excluding hydrogens is 751 g/mol. The van der Waals surface area contributed by atoms with Crippen LogP contribution in [0, 0.1) is 0 Å². The van der Waals surface area contributed by atoms with Crippen LogP contribution in [-0.2, 0) is 80.5 Å². The molecular formula is C32H41O21P. The number of esters is 6. The Morgan fingerprint density at radius 3 is 1.35 bits per heavy atom. The van der Waals surface area contributed by atoms with E-state index in [1.54, 1.807) is 6.07 Å². The maximum atomic E-state index is 12.9. The average molecular weight is 793 g/mol. The van der Waals surface area contributed by atoms with Gasteiger partial charge in [0.2, 0.25) is 6.29 Å². The number of benzene rings is 1. The van der Waals surface area contributed by atoms with Gasteiger partial charge in [0.25, 0.3) is 0 Å². The fourth-order valence-corrected chi connectivity index (χ4v) is 6.35. The smallest absolute Gasteiger partial charge is 0.461 e. The number of Topliss-reactive ketones (excluding diaryl/α,β-unsaturated/α-hetero) is 1. The summed E-state index contributed by atoms with van der Waals surface area (Å²) in [6.07, 6.45) is -24.1. The third-order valence-electron chi connectivity index (χ3n) is 7.57. The van der Waals surface area contributed by atoms with Crippen molar-refractivity contribution < 1.29 is 100 Å². The zero-order chi connectivity index (χ0) is 40.7. The number of carbonyl (C=O) groups excluding carboxylic acids is 7. The second-order valence-electron chi connectivity index (χ2n) is 12.0. The van der Waals surface area contributed by atoms with Crippen molar-refractivity contribution in [2.45, 2.75) is 122 Å². The molecule has 0 aliphatic carbocycles. The average Bonchev–Trinajstić information content (AvgIpc) is 3.02. The molecule has 1 aromatic rings. The van der Waals surface area contributed by atoms with Crippen LogP contribution < -0.4 is 4.74 Å². The minimum absolute atomic E-state index is 0.0834. The van der Waals surface area contributed by atoms with Crippen molar-refractivity contribution in [3.63, 3.8) is 0 Å². The SMILES string of the molecule is CC(=O)O[C@@H]1[C@@H](OC(C)=O)[C@H](C(C)=O)O[C@H](C(O)[C@@H]2O[C@H](C(Oc3ccccc3)OP(=O)(O)O)[C@@H](OC(C)=O)[C@H](OC(C)=O)[C@H]2OC(C)=O)[C@H]1OC(C)=O. The summed E-state index contributed by atoms with van der Waals surface area (Å²) in [4.78, 5) is 107. The summed E-state index contributed by atoms with van der Waals surface area (Å²) in [7, 11) is -5.54. The third kappa shape index (κ3) is 12.0. The highest BCUT2D eigenvalue weighted by molar-refractivity contribution is 7.46. The number of hydrogen-bond donors (Lipinski definition) is 3. The number of phosphoric acid groups is 1. The molecule has 0 radical (unpaired) electrons. The van der Waals surface area contributed by atoms with E-state index in [1.807, 2.05) is 0 Å². The van der Waals surface area contributed by atoms with Crippen LogP contribution in [0.4, 0.5) is 0 Å². The van der Waals surface area contributed by atoms with E-state index >= 15 is 0 Å². The largest absolute Gasteiger partial charge is 0.472 e. The molecule has 2 unspecified atom stereocenters. The summed E-state index contributed by atoms with van der Waals surface area (Å²) in [5.41, 5.74) is 0. The topological polar surface area (TPSA) is 290 Å². The molecule has 1 aromatic carbocycles.